The lowest BCUT2D eigenvalue weighted by Gasteiger charge is -2.29. The molecule has 0 atom stereocenters. The molecule has 0 radical (unpaired) electrons. The highest BCUT2D eigenvalue weighted by molar-refractivity contribution is 5.60. The maximum Gasteiger partial charge on any atom is 0.133 e. The minimum Gasteiger partial charge on any atom is -0.497 e. The molecule has 0 fully saturated rings. The molecular weight excluding hydrogens is 360 g/mol. The summed E-state index contributed by atoms with van der Waals surface area (Å²) in [5.74, 6) is 1.78. The highest BCUT2D eigenvalue weighted by Crippen LogP contribution is 2.24. The average Bonchev–Trinajstić information content (AvgIpc) is 2.73. The minimum absolute atomic E-state index is 0.0159. The Hall–Kier alpha value is -2.79. The number of methoxy groups -OCH3 is 1. The average molecular weight is 389 g/mol. The predicted octanol–water partition coefficient (Wildman–Crippen LogP) is 4.40. The summed E-state index contributed by atoms with van der Waals surface area (Å²) >= 11 is 0. The van der Waals surface area contributed by atoms with E-state index in [4.69, 9.17) is 14.7 Å². The van der Waals surface area contributed by atoms with E-state index in [2.05, 4.69) is 48.9 Å². The number of nitrogens with zero attached hydrogens (tertiary/aromatic N) is 4. The normalized spacial score (nSPS) is 14.5. The number of pyridine rings is 1. The van der Waals surface area contributed by atoms with Gasteiger partial charge >= 0.3 is 0 Å². The van der Waals surface area contributed by atoms with E-state index in [0.29, 0.717) is 0 Å². The first-order valence-corrected chi connectivity index (χ1v) is 10.1. The molecule has 0 saturated carbocycles. The lowest BCUT2D eigenvalue weighted by Crippen LogP contribution is -2.32. The van der Waals surface area contributed by atoms with Crippen LogP contribution in [0.15, 0.2) is 48.7 Å². The summed E-state index contributed by atoms with van der Waals surface area (Å²) in [6, 6.07) is 14.3. The van der Waals surface area contributed by atoms with Gasteiger partial charge in [0.1, 0.15) is 11.6 Å². The fourth-order valence-corrected chi connectivity index (χ4v) is 3.59. The highest BCUT2D eigenvalue weighted by Gasteiger charge is 2.23. The van der Waals surface area contributed by atoms with Gasteiger partial charge in [0, 0.05) is 54.5 Å². The van der Waals surface area contributed by atoms with E-state index in [1.165, 1.54) is 11.3 Å². The maximum absolute atomic E-state index is 5.25. The first-order valence-electron chi connectivity index (χ1n) is 10.1. The summed E-state index contributed by atoms with van der Waals surface area (Å²) in [5, 5.41) is 0. The molecule has 0 saturated heterocycles. The zero-order valence-corrected chi connectivity index (χ0v) is 17.6. The van der Waals surface area contributed by atoms with Gasteiger partial charge in [-0.1, -0.05) is 26.8 Å². The number of rotatable bonds is 4. The van der Waals surface area contributed by atoms with Crippen molar-refractivity contribution in [3.05, 3.63) is 71.4 Å². The number of hydrogen-bond donors (Lipinski definition) is 0. The molecule has 0 aliphatic carbocycles. The Morgan fingerprint density at radius 2 is 1.83 bits per heavy atom. The second-order valence-electron chi connectivity index (χ2n) is 8.62. The van der Waals surface area contributed by atoms with E-state index in [1.807, 2.05) is 30.5 Å². The van der Waals surface area contributed by atoms with Crippen molar-refractivity contribution in [2.75, 3.05) is 13.7 Å². The summed E-state index contributed by atoms with van der Waals surface area (Å²) in [7, 11) is 1.68. The maximum atomic E-state index is 5.25. The van der Waals surface area contributed by atoms with Crippen molar-refractivity contribution in [2.45, 2.75) is 45.7 Å². The monoisotopic (exact) mass is 388 g/mol. The standard InChI is InChI=1S/C24H28N4O/c1-24(2,3)23-25-14-18-15-28(13-12-22(18)27-23)16-19-6-5-7-21(26-19)17-8-10-20(29-4)11-9-17/h5-11,14H,12-13,15-16H2,1-4H3. The van der Waals surface area contributed by atoms with Gasteiger partial charge < -0.3 is 4.74 Å². The minimum atomic E-state index is -0.0159. The Morgan fingerprint density at radius 1 is 1.03 bits per heavy atom. The fourth-order valence-electron chi connectivity index (χ4n) is 3.59. The van der Waals surface area contributed by atoms with Crippen LogP contribution in [0.2, 0.25) is 0 Å². The van der Waals surface area contributed by atoms with Gasteiger partial charge in [-0.15, -0.1) is 0 Å². The lowest BCUT2D eigenvalue weighted by atomic mass is 9.95. The molecule has 1 aliphatic rings. The summed E-state index contributed by atoms with van der Waals surface area (Å²) in [5.41, 5.74) is 5.57. The number of hydrogen-bond acceptors (Lipinski definition) is 5. The fraction of sp³-hybridized carbons (Fsp3) is 0.375. The van der Waals surface area contributed by atoms with Crippen molar-refractivity contribution in [1.29, 1.82) is 0 Å². The third-order valence-corrected chi connectivity index (χ3v) is 5.26. The molecule has 0 bridgehead atoms. The van der Waals surface area contributed by atoms with Crippen LogP contribution in [-0.4, -0.2) is 33.5 Å². The van der Waals surface area contributed by atoms with Crippen LogP contribution >= 0.6 is 0 Å². The molecule has 0 unspecified atom stereocenters. The molecule has 2 aromatic heterocycles. The largest absolute Gasteiger partial charge is 0.497 e. The SMILES string of the molecule is COc1ccc(-c2cccc(CN3CCc4nc(C(C)(C)C)ncc4C3)n2)cc1. The van der Waals surface area contributed by atoms with E-state index in [1.54, 1.807) is 7.11 Å². The summed E-state index contributed by atoms with van der Waals surface area (Å²) < 4.78 is 5.25. The van der Waals surface area contributed by atoms with E-state index in [9.17, 15) is 0 Å². The van der Waals surface area contributed by atoms with E-state index < -0.39 is 0 Å². The second-order valence-corrected chi connectivity index (χ2v) is 8.62. The molecule has 1 aliphatic heterocycles. The van der Waals surface area contributed by atoms with Gasteiger partial charge in [0.15, 0.2) is 0 Å². The predicted molar refractivity (Wildman–Crippen MR) is 115 cm³/mol. The first kappa shape index (κ1) is 19.5. The van der Waals surface area contributed by atoms with Crippen LogP contribution in [0, 0.1) is 0 Å². The Kier molecular flexibility index (Phi) is 5.33. The van der Waals surface area contributed by atoms with Gasteiger partial charge in [0.25, 0.3) is 0 Å². The van der Waals surface area contributed by atoms with Crippen molar-refractivity contribution in [3.63, 3.8) is 0 Å². The Bertz CT molecular complexity index is 993. The molecule has 29 heavy (non-hydrogen) atoms. The summed E-state index contributed by atoms with van der Waals surface area (Å²) in [4.78, 5) is 16.7. The van der Waals surface area contributed by atoms with Crippen LogP contribution in [-0.2, 0) is 24.9 Å². The molecule has 5 nitrogen and oxygen atoms in total. The quantitative estimate of drug-likeness (QED) is 0.663. The van der Waals surface area contributed by atoms with Gasteiger partial charge in [0.05, 0.1) is 18.5 Å². The van der Waals surface area contributed by atoms with Crippen LogP contribution in [0.1, 0.15) is 43.5 Å². The first-order chi connectivity index (χ1) is 13.9. The molecule has 0 spiro atoms. The third kappa shape index (κ3) is 4.46. The van der Waals surface area contributed by atoms with Crippen LogP contribution in [0.3, 0.4) is 0 Å². The molecule has 1 aromatic carbocycles. The Balaban J connectivity index is 1.48. The lowest BCUT2D eigenvalue weighted by molar-refractivity contribution is 0.239. The number of aromatic nitrogens is 3. The van der Waals surface area contributed by atoms with E-state index in [0.717, 1.165) is 54.6 Å². The Morgan fingerprint density at radius 3 is 2.55 bits per heavy atom. The second kappa shape index (κ2) is 7.91. The van der Waals surface area contributed by atoms with E-state index >= 15 is 0 Å². The topological polar surface area (TPSA) is 51.1 Å². The molecule has 3 heterocycles. The van der Waals surface area contributed by atoms with Crippen molar-refractivity contribution >= 4 is 0 Å². The van der Waals surface area contributed by atoms with Crippen LogP contribution in [0.25, 0.3) is 11.3 Å². The zero-order valence-electron chi connectivity index (χ0n) is 17.6. The van der Waals surface area contributed by atoms with Crippen LogP contribution in [0.5, 0.6) is 5.75 Å². The summed E-state index contributed by atoms with van der Waals surface area (Å²) in [6.45, 7) is 9.16. The van der Waals surface area contributed by atoms with Crippen LogP contribution in [0.4, 0.5) is 0 Å². The molecule has 0 N–H and O–H groups in total. The van der Waals surface area contributed by atoms with Gasteiger partial charge in [-0.3, -0.25) is 9.88 Å². The Labute approximate surface area is 172 Å². The molecule has 0 amide bonds. The smallest absolute Gasteiger partial charge is 0.133 e. The van der Waals surface area contributed by atoms with Crippen molar-refractivity contribution < 1.29 is 4.74 Å². The van der Waals surface area contributed by atoms with Gasteiger partial charge in [-0.2, -0.15) is 0 Å². The van der Waals surface area contributed by atoms with Crippen molar-refractivity contribution in [3.8, 4) is 17.0 Å². The van der Waals surface area contributed by atoms with E-state index in [-0.39, 0.29) is 5.41 Å². The molecule has 3 aromatic rings. The van der Waals surface area contributed by atoms with Crippen LogP contribution < -0.4 is 4.74 Å². The molecular formula is C24H28N4O. The molecule has 4 rings (SSSR count). The summed E-state index contributed by atoms with van der Waals surface area (Å²) in [6.07, 6.45) is 2.97. The van der Waals surface area contributed by atoms with Gasteiger partial charge in [-0.25, -0.2) is 9.97 Å². The van der Waals surface area contributed by atoms with Crippen molar-refractivity contribution in [1.82, 2.24) is 19.9 Å². The van der Waals surface area contributed by atoms with Crippen molar-refractivity contribution in [2.24, 2.45) is 0 Å². The third-order valence-electron chi connectivity index (χ3n) is 5.26. The number of fused-ring (bicyclic) bond motifs is 1. The zero-order chi connectivity index (χ0) is 20.4. The van der Waals surface area contributed by atoms with Gasteiger partial charge in [0.2, 0.25) is 0 Å². The number of ether oxygens (including phenoxy) is 1. The molecule has 5 heteroatoms. The molecule has 150 valence electrons. The highest BCUT2D eigenvalue weighted by atomic mass is 16.5. The van der Waals surface area contributed by atoms with Gasteiger partial charge in [-0.05, 0) is 36.4 Å². The number of benzene rings is 1.